The molecule has 1 aliphatic carbocycles. The fourth-order valence-corrected chi connectivity index (χ4v) is 2.84. The van der Waals surface area contributed by atoms with Gasteiger partial charge in [-0.15, -0.1) is 0 Å². The lowest BCUT2D eigenvalue weighted by Crippen LogP contribution is -2.24. The van der Waals surface area contributed by atoms with Gasteiger partial charge in [0.25, 0.3) is 0 Å². The van der Waals surface area contributed by atoms with Gasteiger partial charge in [-0.2, -0.15) is 0 Å². The Balaban J connectivity index is 2.18. The number of hydrogen-bond acceptors (Lipinski definition) is 2. The molecule has 0 radical (unpaired) electrons. The van der Waals surface area contributed by atoms with Crippen LogP contribution in [0.25, 0.3) is 0 Å². The molecular weight excluding hydrogens is 238 g/mol. The Morgan fingerprint density at radius 2 is 1.79 bits per heavy atom. The number of carbonyl (C=O) groups is 1. The van der Waals surface area contributed by atoms with Gasteiger partial charge in [0.2, 0.25) is 0 Å². The SMILES string of the molecule is Cc1cc(C)c(C)c(CN(C)C2CC2C(=O)O)c1C. The van der Waals surface area contributed by atoms with Crippen LogP contribution < -0.4 is 0 Å². The summed E-state index contributed by atoms with van der Waals surface area (Å²) in [5.74, 6) is -0.831. The molecule has 1 fully saturated rings. The lowest BCUT2D eigenvalue weighted by molar-refractivity contribution is -0.138. The quantitative estimate of drug-likeness (QED) is 0.906. The maximum atomic E-state index is 10.9. The summed E-state index contributed by atoms with van der Waals surface area (Å²) in [5, 5.41) is 9.01. The van der Waals surface area contributed by atoms with Gasteiger partial charge in [0, 0.05) is 12.6 Å². The molecule has 2 unspecified atom stereocenters. The molecule has 1 saturated carbocycles. The molecule has 0 saturated heterocycles. The van der Waals surface area contributed by atoms with E-state index in [1.54, 1.807) is 0 Å². The molecular formula is C16H23NO2. The second kappa shape index (κ2) is 4.97. The number of nitrogens with zero attached hydrogens (tertiary/aromatic N) is 1. The van der Waals surface area contributed by atoms with Crippen molar-refractivity contribution >= 4 is 5.97 Å². The van der Waals surface area contributed by atoms with Gasteiger partial charge < -0.3 is 5.11 Å². The molecule has 1 aromatic rings. The molecule has 3 nitrogen and oxygen atoms in total. The zero-order chi connectivity index (χ0) is 14.3. The highest BCUT2D eigenvalue weighted by Gasteiger charge is 2.45. The van der Waals surface area contributed by atoms with Gasteiger partial charge in [-0.1, -0.05) is 6.07 Å². The van der Waals surface area contributed by atoms with Crippen molar-refractivity contribution in [1.82, 2.24) is 4.90 Å². The highest BCUT2D eigenvalue weighted by atomic mass is 16.4. The minimum atomic E-state index is -0.661. The van der Waals surface area contributed by atoms with Gasteiger partial charge in [-0.25, -0.2) is 0 Å². The van der Waals surface area contributed by atoms with Crippen molar-refractivity contribution in [1.29, 1.82) is 0 Å². The van der Waals surface area contributed by atoms with Crippen molar-refractivity contribution in [3.05, 3.63) is 33.9 Å². The Hall–Kier alpha value is -1.35. The van der Waals surface area contributed by atoms with Crippen LogP contribution in [-0.2, 0) is 11.3 Å². The van der Waals surface area contributed by atoms with E-state index in [0.29, 0.717) is 0 Å². The topological polar surface area (TPSA) is 40.5 Å². The predicted molar refractivity (Wildman–Crippen MR) is 76.4 cm³/mol. The minimum absolute atomic E-state index is 0.170. The van der Waals surface area contributed by atoms with Crippen molar-refractivity contribution < 1.29 is 9.90 Å². The normalized spacial score (nSPS) is 21.8. The smallest absolute Gasteiger partial charge is 0.308 e. The summed E-state index contributed by atoms with van der Waals surface area (Å²) < 4.78 is 0. The molecule has 2 atom stereocenters. The first-order valence-electron chi connectivity index (χ1n) is 6.82. The summed E-state index contributed by atoms with van der Waals surface area (Å²) in [7, 11) is 2.03. The maximum absolute atomic E-state index is 10.9. The number of carboxylic acids is 1. The first-order chi connectivity index (χ1) is 8.82. The van der Waals surface area contributed by atoms with Crippen LogP contribution in [0.2, 0.25) is 0 Å². The van der Waals surface area contributed by atoms with Crippen LogP contribution in [-0.4, -0.2) is 29.1 Å². The zero-order valence-electron chi connectivity index (χ0n) is 12.4. The predicted octanol–water partition coefficient (Wildman–Crippen LogP) is 2.83. The molecule has 1 N–H and O–H groups in total. The van der Waals surface area contributed by atoms with E-state index in [1.807, 2.05) is 7.05 Å². The van der Waals surface area contributed by atoms with Crippen LogP contribution in [0, 0.1) is 33.6 Å². The molecule has 0 aliphatic heterocycles. The Labute approximate surface area is 115 Å². The maximum Gasteiger partial charge on any atom is 0.308 e. The Morgan fingerprint density at radius 1 is 1.26 bits per heavy atom. The van der Waals surface area contributed by atoms with E-state index in [9.17, 15) is 4.79 Å². The number of carboxylic acid groups (broad SMARTS) is 1. The van der Waals surface area contributed by atoms with Crippen LogP contribution in [0.15, 0.2) is 6.07 Å². The lowest BCUT2D eigenvalue weighted by Gasteiger charge is -2.22. The second-order valence-corrected chi connectivity index (χ2v) is 5.90. The summed E-state index contributed by atoms with van der Waals surface area (Å²) in [5.41, 5.74) is 6.66. The molecule has 0 amide bonds. The first-order valence-corrected chi connectivity index (χ1v) is 6.82. The van der Waals surface area contributed by atoms with E-state index in [2.05, 4.69) is 38.7 Å². The zero-order valence-corrected chi connectivity index (χ0v) is 12.4. The average molecular weight is 261 g/mol. The summed E-state index contributed by atoms with van der Waals surface area (Å²) >= 11 is 0. The fourth-order valence-electron chi connectivity index (χ4n) is 2.84. The highest BCUT2D eigenvalue weighted by molar-refractivity contribution is 5.74. The third kappa shape index (κ3) is 2.66. The average Bonchev–Trinajstić information content (AvgIpc) is 3.12. The van der Waals surface area contributed by atoms with Crippen molar-refractivity contribution in [3.63, 3.8) is 0 Å². The van der Waals surface area contributed by atoms with Crippen LogP contribution in [0.1, 0.15) is 34.2 Å². The third-order valence-corrected chi connectivity index (χ3v) is 4.57. The van der Waals surface area contributed by atoms with E-state index in [4.69, 9.17) is 5.11 Å². The van der Waals surface area contributed by atoms with Crippen molar-refractivity contribution in [2.75, 3.05) is 7.05 Å². The lowest BCUT2D eigenvalue weighted by atomic mass is 9.94. The summed E-state index contributed by atoms with van der Waals surface area (Å²) in [6, 6.07) is 2.43. The largest absolute Gasteiger partial charge is 0.481 e. The molecule has 3 heteroatoms. The van der Waals surface area contributed by atoms with Crippen LogP contribution in [0.3, 0.4) is 0 Å². The Kier molecular flexibility index (Phi) is 3.68. The molecule has 0 heterocycles. The Morgan fingerprint density at radius 3 is 2.21 bits per heavy atom. The van der Waals surface area contributed by atoms with Gasteiger partial charge in [0.1, 0.15) is 0 Å². The molecule has 1 aromatic carbocycles. The minimum Gasteiger partial charge on any atom is -0.481 e. The monoisotopic (exact) mass is 261 g/mol. The molecule has 0 bridgehead atoms. The molecule has 104 valence electrons. The number of rotatable bonds is 4. The molecule has 0 aromatic heterocycles. The Bertz CT molecular complexity index is 496. The number of aliphatic carboxylic acids is 1. The first kappa shape index (κ1) is 14.1. The van der Waals surface area contributed by atoms with Crippen molar-refractivity contribution in [3.8, 4) is 0 Å². The van der Waals surface area contributed by atoms with Crippen LogP contribution >= 0.6 is 0 Å². The van der Waals surface area contributed by atoms with Gasteiger partial charge in [-0.3, -0.25) is 9.69 Å². The van der Waals surface area contributed by atoms with E-state index in [1.165, 1.54) is 27.8 Å². The van der Waals surface area contributed by atoms with E-state index in [0.717, 1.165) is 13.0 Å². The van der Waals surface area contributed by atoms with Crippen molar-refractivity contribution in [2.45, 2.75) is 46.7 Å². The van der Waals surface area contributed by atoms with Gasteiger partial charge in [-0.05, 0) is 69.0 Å². The van der Waals surface area contributed by atoms with E-state index < -0.39 is 5.97 Å². The molecule has 19 heavy (non-hydrogen) atoms. The van der Waals surface area contributed by atoms with Crippen molar-refractivity contribution in [2.24, 2.45) is 5.92 Å². The molecule has 1 aliphatic rings. The van der Waals surface area contributed by atoms with Gasteiger partial charge >= 0.3 is 5.97 Å². The number of aryl methyl sites for hydroxylation is 2. The van der Waals surface area contributed by atoms with Crippen LogP contribution in [0.5, 0.6) is 0 Å². The third-order valence-electron chi connectivity index (χ3n) is 4.57. The summed E-state index contributed by atoms with van der Waals surface area (Å²) in [6.45, 7) is 9.44. The number of hydrogen-bond donors (Lipinski definition) is 1. The summed E-state index contributed by atoms with van der Waals surface area (Å²) in [4.78, 5) is 13.1. The fraction of sp³-hybridized carbons (Fsp3) is 0.562. The molecule has 0 spiro atoms. The summed E-state index contributed by atoms with van der Waals surface area (Å²) in [6.07, 6.45) is 0.786. The molecule has 2 rings (SSSR count). The highest BCUT2D eigenvalue weighted by Crippen LogP contribution is 2.36. The number of benzene rings is 1. The van der Waals surface area contributed by atoms with E-state index >= 15 is 0 Å². The van der Waals surface area contributed by atoms with Gasteiger partial charge in [0.15, 0.2) is 0 Å². The van der Waals surface area contributed by atoms with Crippen LogP contribution in [0.4, 0.5) is 0 Å². The van der Waals surface area contributed by atoms with E-state index in [-0.39, 0.29) is 12.0 Å². The second-order valence-electron chi connectivity index (χ2n) is 5.90. The standard InChI is InChI=1S/C16H23NO2/c1-9-6-10(2)12(4)14(11(9)3)8-17(5)15-7-13(15)16(18)19/h6,13,15H,7-8H2,1-5H3,(H,18,19). The van der Waals surface area contributed by atoms with Gasteiger partial charge in [0.05, 0.1) is 5.92 Å².